The van der Waals surface area contributed by atoms with Crippen LogP contribution in [0.5, 0.6) is 0 Å². The average molecular weight is 445 g/mol. The lowest BCUT2D eigenvalue weighted by Gasteiger charge is -1.70. The topological polar surface area (TPSA) is 0 Å². The molecule has 0 saturated carbocycles. The molecule has 0 fully saturated rings. The highest BCUT2D eigenvalue weighted by molar-refractivity contribution is 9.82. The molecule has 46 valence electrons. The Morgan fingerprint density at radius 2 is 1.00 bits per heavy atom. The van der Waals surface area contributed by atoms with E-state index in [9.17, 15) is 0 Å². The normalized spacial score (nSPS) is 7.71. The zero-order valence-electron chi connectivity index (χ0n) is 2.88. The number of hydrogen-bond acceptors (Lipinski definition) is 1. The Labute approximate surface area is 87.4 Å². The molecule has 0 N–H and O–H groups in total. The number of hydrogen-bond donors (Lipinski definition) is 0. The van der Waals surface area contributed by atoms with Crippen LogP contribution in [-0.4, -0.2) is 2.65 Å². The van der Waals surface area contributed by atoms with Gasteiger partial charge in [0, 0.05) is 29.6 Å². The molecule has 0 heterocycles. The summed E-state index contributed by atoms with van der Waals surface area (Å²) < 4.78 is 0.271. The molecule has 0 aromatic carbocycles. The molecule has 0 bridgehead atoms. The Morgan fingerprint density at radius 3 is 1.00 bits per heavy atom. The van der Waals surface area contributed by atoms with E-state index < -0.39 is 0 Å². The van der Waals surface area contributed by atoms with Gasteiger partial charge >= 0.3 is 0 Å². The summed E-state index contributed by atoms with van der Waals surface area (Å²) in [6.07, 6.45) is 0. The van der Waals surface area contributed by atoms with Gasteiger partial charge in [-0.3, -0.25) is 0 Å². The second kappa shape index (κ2) is 11.5. The van der Waals surface area contributed by atoms with E-state index in [1.165, 1.54) is 8.63 Å². The van der Waals surface area contributed by atoms with E-state index >= 15 is 0 Å². The molecule has 0 amide bonds. The van der Waals surface area contributed by atoms with Crippen LogP contribution in [0.1, 0.15) is 0 Å². The lowest BCUT2D eigenvalue weighted by atomic mass is 12.0. The molecule has 0 radical (unpaired) electrons. The molecule has 7 heavy (non-hydrogen) atoms. The van der Waals surface area contributed by atoms with Crippen molar-refractivity contribution in [2.24, 2.45) is 0 Å². The van der Waals surface area contributed by atoms with E-state index in [0.717, 1.165) is 0 Å². The van der Waals surface area contributed by atoms with Crippen molar-refractivity contribution < 1.29 is 0 Å². The molecule has 0 unspecified atom stereocenters. The minimum Gasteiger partial charge on any atom is -0.0637 e. The van der Waals surface area contributed by atoms with Crippen LogP contribution in [0.15, 0.2) is 0 Å². The van der Waals surface area contributed by atoms with E-state index in [-0.39, 0.29) is 2.65 Å². The summed E-state index contributed by atoms with van der Waals surface area (Å²) in [7, 11) is 1.38. The van der Waals surface area contributed by atoms with Gasteiger partial charge in [0.05, 0.1) is 0 Å². The van der Waals surface area contributed by atoms with Crippen LogP contribution in [0.25, 0.3) is 0 Å². The van der Waals surface area contributed by atoms with Gasteiger partial charge < -0.3 is 0 Å². The SMILES string of the molecule is BrC(Br)Br.BrSBr. The van der Waals surface area contributed by atoms with Crippen LogP contribution in [0, 0.1) is 0 Å². The average Bonchev–Trinajstić information content (AvgIpc) is 1.33. The fraction of sp³-hybridized carbons (Fsp3) is 1.00. The predicted molar refractivity (Wildman–Crippen MR) is 56.0 cm³/mol. The Bertz CT molecular complexity index is 19.3. The maximum absolute atomic E-state index is 3.10. The summed E-state index contributed by atoms with van der Waals surface area (Å²) in [6, 6.07) is 0. The second-order valence-electron chi connectivity index (χ2n) is 0.306. The van der Waals surface area contributed by atoms with E-state index in [1.54, 1.807) is 0 Å². The van der Waals surface area contributed by atoms with Gasteiger partial charge in [-0.15, -0.1) is 0 Å². The Morgan fingerprint density at radius 1 is 1.00 bits per heavy atom. The van der Waals surface area contributed by atoms with Gasteiger partial charge in [-0.2, -0.15) is 0 Å². The fourth-order valence-electron chi connectivity index (χ4n) is 0. The lowest BCUT2D eigenvalue weighted by Crippen LogP contribution is -1.49. The first kappa shape index (κ1) is 12.4. The first-order valence-corrected chi connectivity index (χ1v) is 8.21. The first-order valence-electron chi connectivity index (χ1n) is 0.963. The molecule has 0 nitrogen and oxygen atoms in total. The summed E-state index contributed by atoms with van der Waals surface area (Å²) in [6.45, 7) is 0. The highest BCUT2D eigenvalue weighted by Gasteiger charge is 1.77. The number of halogens is 5. The first-order chi connectivity index (χ1) is 3.15. The van der Waals surface area contributed by atoms with Crippen LogP contribution in [0.2, 0.25) is 0 Å². The van der Waals surface area contributed by atoms with Crippen molar-refractivity contribution in [3.05, 3.63) is 0 Å². The molecule has 0 aromatic heterocycles. The van der Waals surface area contributed by atoms with Crippen molar-refractivity contribution in [1.29, 1.82) is 0 Å². The van der Waals surface area contributed by atoms with Crippen molar-refractivity contribution in [3.63, 3.8) is 0 Å². The Hall–Kier alpha value is 2.75. The van der Waals surface area contributed by atoms with Gasteiger partial charge in [0.1, 0.15) is 2.65 Å². The maximum atomic E-state index is 3.10. The fourth-order valence-corrected chi connectivity index (χ4v) is 0. The highest BCUT2D eigenvalue weighted by Crippen LogP contribution is 2.17. The molecule has 0 rings (SSSR count). The maximum Gasteiger partial charge on any atom is 0.124 e. The van der Waals surface area contributed by atoms with Crippen LogP contribution in [-0.2, 0) is 0 Å². The summed E-state index contributed by atoms with van der Waals surface area (Å²) in [5.74, 6) is 0. The molecular weight excluding hydrogens is 444 g/mol. The monoisotopic (exact) mass is 440 g/mol. The van der Waals surface area contributed by atoms with E-state index in [4.69, 9.17) is 0 Å². The third kappa shape index (κ3) is 52.7. The largest absolute Gasteiger partial charge is 0.124 e. The molecular formula is CHBr5S. The summed E-state index contributed by atoms with van der Waals surface area (Å²) >= 11 is 15.3. The molecule has 0 saturated heterocycles. The summed E-state index contributed by atoms with van der Waals surface area (Å²) in [4.78, 5) is 0. The van der Waals surface area contributed by atoms with Crippen molar-refractivity contribution >= 4 is 86.0 Å². The zero-order valence-corrected chi connectivity index (χ0v) is 11.6. The van der Waals surface area contributed by atoms with Gasteiger partial charge in [-0.05, 0) is 8.63 Å². The Balaban J connectivity index is 0. The Kier molecular flexibility index (Phi) is 20.5. The van der Waals surface area contributed by atoms with Gasteiger partial charge in [0.15, 0.2) is 0 Å². The minimum atomic E-state index is 0.271. The smallest absolute Gasteiger partial charge is 0.0637 e. The molecule has 0 atom stereocenters. The van der Waals surface area contributed by atoms with Crippen LogP contribution in [0.4, 0.5) is 0 Å². The molecule has 6 heteroatoms. The van der Waals surface area contributed by atoms with Crippen molar-refractivity contribution in [2.75, 3.05) is 0 Å². The molecule has 0 spiro atoms. The minimum absolute atomic E-state index is 0.271. The predicted octanol–water partition coefficient (Wildman–Crippen LogP) is 4.79. The third-order valence-corrected chi connectivity index (χ3v) is 0. The van der Waals surface area contributed by atoms with Gasteiger partial charge in [0.25, 0.3) is 0 Å². The quantitative estimate of drug-likeness (QED) is 0.484. The highest BCUT2D eigenvalue weighted by atomic mass is 80.0. The van der Waals surface area contributed by atoms with Gasteiger partial charge in [-0.25, -0.2) is 0 Å². The van der Waals surface area contributed by atoms with E-state index in [1.807, 2.05) is 0 Å². The molecule has 0 aliphatic rings. The number of rotatable bonds is 0. The summed E-state index contributed by atoms with van der Waals surface area (Å²) in [5.41, 5.74) is 0. The third-order valence-electron chi connectivity index (χ3n) is 0. The van der Waals surface area contributed by atoms with Crippen molar-refractivity contribution in [2.45, 2.75) is 2.65 Å². The zero-order chi connectivity index (χ0) is 6.28. The second-order valence-corrected chi connectivity index (χ2v) is 11.4. The van der Waals surface area contributed by atoms with Crippen LogP contribution >= 0.6 is 86.0 Å². The van der Waals surface area contributed by atoms with Crippen LogP contribution in [0.3, 0.4) is 0 Å². The molecule has 0 aliphatic heterocycles. The summed E-state index contributed by atoms with van der Waals surface area (Å²) in [5, 5.41) is 0. The van der Waals surface area contributed by atoms with E-state index in [0.29, 0.717) is 0 Å². The standard InChI is InChI=1S/CHBr3.Br2S/c2-1(3)4;1-3-2/h1H;. The lowest BCUT2D eigenvalue weighted by molar-refractivity contribution is 2.28. The van der Waals surface area contributed by atoms with Gasteiger partial charge in [0.2, 0.25) is 0 Å². The van der Waals surface area contributed by atoms with E-state index in [2.05, 4.69) is 77.4 Å². The molecule has 0 aliphatic carbocycles. The van der Waals surface area contributed by atoms with Crippen molar-refractivity contribution in [3.8, 4) is 0 Å². The van der Waals surface area contributed by atoms with Crippen LogP contribution < -0.4 is 0 Å². The van der Waals surface area contributed by atoms with Crippen molar-refractivity contribution in [1.82, 2.24) is 0 Å². The van der Waals surface area contributed by atoms with Gasteiger partial charge in [-0.1, -0.05) is 47.8 Å². The molecule has 0 aromatic rings. The number of alkyl halides is 3.